The van der Waals surface area contributed by atoms with E-state index in [9.17, 15) is 14.4 Å². The van der Waals surface area contributed by atoms with Crippen LogP contribution in [0.1, 0.15) is 34.3 Å². The zero-order valence-electron chi connectivity index (χ0n) is 12.9. The Hall–Kier alpha value is -2.41. The molecule has 0 aromatic heterocycles. The van der Waals surface area contributed by atoms with Gasteiger partial charge in [0.05, 0.1) is 6.42 Å². The molecule has 0 spiro atoms. The first-order valence-electron chi connectivity index (χ1n) is 7.65. The number of aliphatic carboxylic acids is 1. The highest BCUT2D eigenvalue weighted by Gasteiger charge is 2.12. The van der Waals surface area contributed by atoms with Gasteiger partial charge < -0.3 is 21.1 Å². The molecular weight excluding hydrogens is 298 g/mol. The quantitative estimate of drug-likeness (QED) is 0.568. The molecule has 1 aromatic carbocycles. The summed E-state index contributed by atoms with van der Waals surface area (Å²) < 4.78 is 0. The van der Waals surface area contributed by atoms with Crippen molar-refractivity contribution in [2.75, 3.05) is 19.6 Å². The van der Waals surface area contributed by atoms with Gasteiger partial charge >= 0.3 is 5.97 Å². The lowest BCUT2D eigenvalue weighted by molar-refractivity contribution is -0.136. The SMILES string of the molecule is O=C(O)CCNC(=O)CCNC(=O)c1ccc2c(c1)CNCC2. The third-order valence-electron chi connectivity index (χ3n) is 3.65. The summed E-state index contributed by atoms with van der Waals surface area (Å²) in [5.41, 5.74) is 2.98. The number of carbonyl (C=O) groups is 3. The molecule has 1 aliphatic rings. The van der Waals surface area contributed by atoms with Crippen molar-refractivity contribution in [2.45, 2.75) is 25.8 Å². The van der Waals surface area contributed by atoms with E-state index in [1.165, 1.54) is 5.56 Å². The van der Waals surface area contributed by atoms with Gasteiger partial charge in [-0.05, 0) is 36.2 Å². The van der Waals surface area contributed by atoms with Gasteiger partial charge in [0.25, 0.3) is 5.91 Å². The summed E-state index contributed by atoms with van der Waals surface area (Å²) in [6.45, 7) is 2.03. The largest absolute Gasteiger partial charge is 0.481 e. The van der Waals surface area contributed by atoms with Crippen molar-refractivity contribution in [1.29, 1.82) is 0 Å². The van der Waals surface area contributed by atoms with Gasteiger partial charge in [-0.25, -0.2) is 0 Å². The van der Waals surface area contributed by atoms with Crippen LogP contribution in [0.5, 0.6) is 0 Å². The van der Waals surface area contributed by atoms with E-state index in [4.69, 9.17) is 5.11 Å². The Morgan fingerprint density at radius 2 is 1.87 bits per heavy atom. The molecule has 0 bridgehead atoms. The molecule has 0 unspecified atom stereocenters. The van der Waals surface area contributed by atoms with Gasteiger partial charge in [0.1, 0.15) is 0 Å². The first-order valence-corrected chi connectivity index (χ1v) is 7.65. The minimum absolute atomic E-state index is 0.0972. The number of amides is 2. The van der Waals surface area contributed by atoms with Crippen molar-refractivity contribution in [3.8, 4) is 0 Å². The van der Waals surface area contributed by atoms with Gasteiger partial charge in [-0.2, -0.15) is 0 Å². The van der Waals surface area contributed by atoms with Gasteiger partial charge in [0, 0.05) is 31.6 Å². The molecule has 1 heterocycles. The first kappa shape index (κ1) is 17.0. The number of hydrogen-bond acceptors (Lipinski definition) is 4. The normalized spacial score (nSPS) is 13.0. The second kappa shape index (κ2) is 8.28. The van der Waals surface area contributed by atoms with Crippen LogP contribution in [0.4, 0.5) is 0 Å². The molecule has 0 fully saturated rings. The maximum absolute atomic E-state index is 12.1. The number of rotatable bonds is 7. The Morgan fingerprint density at radius 1 is 1.09 bits per heavy atom. The average molecular weight is 319 g/mol. The summed E-state index contributed by atoms with van der Waals surface area (Å²) in [4.78, 5) is 33.9. The zero-order valence-corrected chi connectivity index (χ0v) is 12.9. The standard InChI is InChI=1S/C16H21N3O4/c20-14(18-8-5-15(21)22)4-7-19-16(23)12-2-1-11-3-6-17-10-13(11)9-12/h1-2,9,17H,3-8,10H2,(H,18,20)(H,19,23)(H,21,22). The fourth-order valence-electron chi connectivity index (χ4n) is 2.41. The molecule has 2 amide bonds. The number of benzene rings is 1. The number of nitrogens with one attached hydrogen (secondary N) is 3. The molecule has 23 heavy (non-hydrogen) atoms. The van der Waals surface area contributed by atoms with Crippen LogP contribution >= 0.6 is 0 Å². The number of carboxylic acid groups (broad SMARTS) is 1. The van der Waals surface area contributed by atoms with Crippen LogP contribution < -0.4 is 16.0 Å². The molecule has 0 radical (unpaired) electrons. The van der Waals surface area contributed by atoms with Crippen LogP contribution in [-0.2, 0) is 22.6 Å². The molecule has 1 aromatic rings. The van der Waals surface area contributed by atoms with Crippen molar-refractivity contribution >= 4 is 17.8 Å². The highest BCUT2D eigenvalue weighted by molar-refractivity contribution is 5.94. The summed E-state index contributed by atoms with van der Waals surface area (Å²) in [5.74, 6) is -1.45. The first-order chi connectivity index (χ1) is 11.1. The van der Waals surface area contributed by atoms with E-state index in [1.807, 2.05) is 12.1 Å². The van der Waals surface area contributed by atoms with Crippen LogP contribution in [-0.4, -0.2) is 42.5 Å². The van der Waals surface area contributed by atoms with Crippen molar-refractivity contribution in [3.63, 3.8) is 0 Å². The van der Waals surface area contributed by atoms with E-state index in [1.54, 1.807) is 6.07 Å². The van der Waals surface area contributed by atoms with Gasteiger partial charge in [-0.15, -0.1) is 0 Å². The topological polar surface area (TPSA) is 108 Å². The Bertz CT molecular complexity index is 601. The Balaban J connectivity index is 1.74. The Labute approximate surface area is 134 Å². The molecule has 0 saturated carbocycles. The summed E-state index contributed by atoms with van der Waals surface area (Å²) >= 11 is 0. The molecule has 4 N–H and O–H groups in total. The van der Waals surface area contributed by atoms with Crippen LogP contribution in [0, 0.1) is 0 Å². The van der Waals surface area contributed by atoms with Crippen LogP contribution in [0.3, 0.4) is 0 Å². The van der Waals surface area contributed by atoms with E-state index in [0.717, 1.165) is 25.1 Å². The van der Waals surface area contributed by atoms with Gasteiger partial charge in [0.15, 0.2) is 0 Å². The summed E-state index contributed by atoms with van der Waals surface area (Å²) in [6.07, 6.45) is 0.979. The number of fused-ring (bicyclic) bond motifs is 1. The van der Waals surface area contributed by atoms with E-state index < -0.39 is 5.97 Å². The fraction of sp³-hybridized carbons (Fsp3) is 0.438. The van der Waals surface area contributed by atoms with E-state index in [-0.39, 0.29) is 37.7 Å². The molecular formula is C16H21N3O4. The molecule has 0 atom stereocenters. The Kier molecular flexibility index (Phi) is 6.10. The van der Waals surface area contributed by atoms with Crippen LogP contribution in [0.2, 0.25) is 0 Å². The molecule has 124 valence electrons. The fourth-order valence-corrected chi connectivity index (χ4v) is 2.41. The van der Waals surface area contributed by atoms with Crippen molar-refractivity contribution < 1.29 is 19.5 Å². The zero-order chi connectivity index (χ0) is 16.7. The van der Waals surface area contributed by atoms with Gasteiger partial charge in [0.2, 0.25) is 5.91 Å². The minimum Gasteiger partial charge on any atom is -0.481 e. The molecule has 1 aliphatic heterocycles. The van der Waals surface area contributed by atoms with Crippen molar-refractivity contribution in [3.05, 3.63) is 34.9 Å². The van der Waals surface area contributed by atoms with E-state index in [0.29, 0.717) is 5.56 Å². The third kappa shape index (κ3) is 5.37. The lowest BCUT2D eigenvalue weighted by Gasteiger charge is -2.17. The van der Waals surface area contributed by atoms with Gasteiger partial charge in [-0.3, -0.25) is 14.4 Å². The lowest BCUT2D eigenvalue weighted by atomic mass is 9.98. The molecule has 7 heteroatoms. The highest BCUT2D eigenvalue weighted by Crippen LogP contribution is 2.15. The minimum atomic E-state index is -0.958. The number of carbonyl (C=O) groups excluding carboxylic acids is 2. The highest BCUT2D eigenvalue weighted by atomic mass is 16.4. The van der Waals surface area contributed by atoms with Crippen LogP contribution in [0.15, 0.2) is 18.2 Å². The lowest BCUT2D eigenvalue weighted by Crippen LogP contribution is -2.32. The van der Waals surface area contributed by atoms with Gasteiger partial charge in [-0.1, -0.05) is 6.07 Å². The summed E-state index contributed by atoms with van der Waals surface area (Å²) in [7, 11) is 0. The number of hydrogen-bond donors (Lipinski definition) is 4. The molecule has 2 rings (SSSR count). The van der Waals surface area contributed by atoms with E-state index >= 15 is 0 Å². The molecule has 7 nitrogen and oxygen atoms in total. The second-order valence-corrected chi connectivity index (χ2v) is 5.41. The van der Waals surface area contributed by atoms with Crippen molar-refractivity contribution in [1.82, 2.24) is 16.0 Å². The Morgan fingerprint density at radius 3 is 2.65 bits per heavy atom. The smallest absolute Gasteiger partial charge is 0.305 e. The monoisotopic (exact) mass is 319 g/mol. The third-order valence-corrected chi connectivity index (χ3v) is 3.65. The van der Waals surface area contributed by atoms with Crippen LogP contribution in [0.25, 0.3) is 0 Å². The average Bonchev–Trinajstić information content (AvgIpc) is 2.54. The summed E-state index contributed by atoms with van der Waals surface area (Å²) in [5, 5.41) is 16.9. The maximum Gasteiger partial charge on any atom is 0.305 e. The molecule has 0 saturated heterocycles. The second-order valence-electron chi connectivity index (χ2n) is 5.41. The number of carboxylic acids is 1. The maximum atomic E-state index is 12.1. The summed E-state index contributed by atoms with van der Waals surface area (Å²) in [6, 6.07) is 5.65. The molecule has 0 aliphatic carbocycles. The van der Waals surface area contributed by atoms with Crippen molar-refractivity contribution in [2.24, 2.45) is 0 Å². The predicted molar refractivity (Wildman–Crippen MR) is 84.1 cm³/mol. The predicted octanol–water partition coefficient (Wildman–Crippen LogP) is 0.0431. The van der Waals surface area contributed by atoms with E-state index in [2.05, 4.69) is 16.0 Å².